The molecule has 2 aromatic carbocycles. The molecule has 0 fully saturated rings. The molecule has 4 heteroatoms. The van der Waals surface area contributed by atoms with E-state index >= 15 is 0 Å². The zero-order chi connectivity index (χ0) is 14.7. The number of nitrogens with zero attached hydrogens (tertiary/aromatic N) is 1. The number of hydrogen-bond acceptors (Lipinski definition) is 3. The maximum atomic E-state index is 6.25. The van der Waals surface area contributed by atoms with Crippen molar-refractivity contribution in [1.82, 2.24) is 4.98 Å². The second-order valence-corrected chi connectivity index (χ2v) is 5.06. The Hall–Kier alpha value is -2.26. The molecule has 0 saturated heterocycles. The van der Waals surface area contributed by atoms with Crippen LogP contribution in [0.4, 0.5) is 5.82 Å². The summed E-state index contributed by atoms with van der Waals surface area (Å²) in [7, 11) is 1.64. The minimum Gasteiger partial charge on any atom is -0.496 e. The zero-order valence-electron chi connectivity index (χ0n) is 11.6. The fraction of sp³-hybridized carbons (Fsp3) is 0.118. The van der Waals surface area contributed by atoms with Gasteiger partial charge in [-0.25, -0.2) is 4.98 Å². The number of hydrogen-bond donors (Lipinski definition) is 1. The highest BCUT2D eigenvalue weighted by Gasteiger charge is 2.08. The smallest absolute Gasteiger partial charge is 0.134 e. The summed E-state index contributed by atoms with van der Waals surface area (Å²) >= 11 is 6.25. The number of halogens is 1. The summed E-state index contributed by atoms with van der Waals surface area (Å²) in [6.07, 6.45) is 1.80. The highest BCUT2D eigenvalue weighted by Crippen LogP contribution is 2.28. The summed E-state index contributed by atoms with van der Waals surface area (Å²) in [5.74, 6) is 1.62. The molecule has 1 N–H and O–H groups in total. The van der Waals surface area contributed by atoms with Crippen LogP contribution in [0.5, 0.6) is 5.75 Å². The van der Waals surface area contributed by atoms with E-state index in [4.69, 9.17) is 16.3 Å². The first-order valence-corrected chi connectivity index (χ1v) is 7.06. The first-order valence-electron chi connectivity index (χ1n) is 6.68. The van der Waals surface area contributed by atoms with Crippen LogP contribution in [-0.4, -0.2) is 12.1 Å². The number of aromatic nitrogens is 1. The Morgan fingerprint density at radius 2 is 1.95 bits per heavy atom. The summed E-state index contributed by atoms with van der Waals surface area (Å²) in [6, 6.07) is 15.8. The topological polar surface area (TPSA) is 34.1 Å². The molecule has 0 amide bonds. The van der Waals surface area contributed by atoms with E-state index in [0.29, 0.717) is 11.6 Å². The molecule has 3 nitrogen and oxygen atoms in total. The van der Waals surface area contributed by atoms with Crippen LogP contribution in [0.2, 0.25) is 5.02 Å². The van der Waals surface area contributed by atoms with E-state index in [1.165, 1.54) is 0 Å². The average molecular weight is 299 g/mol. The quantitative estimate of drug-likeness (QED) is 0.769. The van der Waals surface area contributed by atoms with Crippen LogP contribution >= 0.6 is 11.6 Å². The number of anilines is 1. The van der Waals surface area contributed by atoms with Crippen LogP contribution in [0.1, 0.15) is 5.56 Å². The number of ether oxygens (including phenoxy) is 1. The summed E-state index contributed by atoms with van der Waals surface area (Å²) < 4.78 is 5.36. The van der Waals surface area contributed by atoms with Gasteiger partial charge in [-0.15, -0.1) is 0 Å². The fourth-order valence-corrected chi connectivity index (χ4v) is 2.57. The highest BCUT2D eigenvalue weighted by atomic mass is 35.5. The van der Waals surface area contributed by atoms with Crippen molar-refractivity contribution in [2.24, 2.45) is 0 Å². The third-order valence-electron chi connectivity index (χ3n) is 3.40. The van der Waals surface area contributed by atoms with E-state index in [0.717, 1.165) is 27.9 Å². The van der Waals surface area contributed by atoms with E-state index in [2.05, 4.69) is 22.4 Å². The highest BCUT2D eigenvalue weighted by molar-refractivity contribution is 6.31. The SMILES string of the molecule is COc1cccc(Cl)c1CNc1nccc2ccccc12. The molecule has 0 aliphatic carbocycles. The summed E-state index contributed by atoms with van der Waals surface area (Å²) in [4.78, 5) is 4.41. The van der Waals surface area contributed by atoms with Gasteiger partial charge in [0.25, 0.3) is 0 Å². The fourth-order valence-electron chi connectivity index (χ4n) is 2.33. The van der Waals surface area contributed by atoms with Gasteiger partial charge in [0.1, 0.15) is 11.6 Å². The molecule has 0 aliphatic heterocycles. The molecule has 106 valence electrons. The van der Waals surface area contributed by atoms with Crippen LogP contribution in [0.25, 0.3) is 10.8 Å². The molecule has 0 bridgehead atoms. The van der Waals surface area contributed by atoms with E-state index in [-0.39, 0.29) is 0 Å². The molecule has 0 atom stereocenters. The van der Waals surface area contributed by atoms with E-state index in [1.54, 1.807) is 13.3 Å². The molecular formula is C17H15ClN2O. The third kappa shape index (κ3) is 2.78. The van der Waals surface area contributed by atoms with E-state index in [9.17, 15) is 0 Å². The van der Waals surface area contributed by atoms with Gasteiger partial charge < -0.3 is 10.1 Å². The number of pyridine rings is 1. The number of nitrogens with one attached hydrogen (secondary N) is 1. The van der Waals surface area contributed by atoms with Gasteiger partial charge in [0.15, 0.2) is 0 Å². The molecule has 3 rings (SSSR count). The van der Waals surface area contributed by atoms with Crippen LogP contribution in [0.15, 0.2) is 54.7 Å². The van der Waals surface area contributed by atoms with Crippen LogP contribution in [0, 0.1) is 0 Å². The van der Waals surface area contributed by atoms with Crippen LogP contribution in [0.3, 0.4) is 0 Å². The Balaban J connectivity index is 1.91. The lowest BCUT2D eigenvalue weighted by Crippen LogP contribution is -2.04. The predicted molar refractivity (Wildman–Crippen MR) is 87.1 cm³/mol. The van der Waals surface area contributed by atoms with Crippen molar-refractivity contribution in [2.75, 3.05) is 12.4 Å². The zero-order valence-corrected chi connectivity index (χ0v) is 12.4. The molecule has 21 heavy (non-hydrogen) atoms. The number of fused-ring (bicyclic) bond motifs is 1. The molecule has 0 aliphatic rings. The number of methoxy groups -OCH3 is 1. The van der Waals surface area contributed by atoms with Gasteiger partial charge >= 0.3 is 0 Å². The maximum absolute atomic E-state index is 6.25. The minimum atomic E-state index is 0.559. The molecule has 0 spiro atoms. The van der Waals surface area contributed by atoms with E-state index < -0.39 is 0 Å². The van der Waals surface area contributed by atoms with Crippen molar-refractivity contribution in [3.63, 3.8) is 0 Å². The normalized spacial score (nSPS) is 10.6. The lowest BCUT2D eigenvalue weighted by molar-refractivity contribution is 0.410. The van der Waals surface area contributed by atoms with E-state index in [1.807, 2.05) is 36.4 Å². The molecule has 0 unspecified atom stereocenters. The third-order valence-corrected chi connectivity index (χ3v) is 3.76. The Morgan fingerprint density at radius 3 is 2.81 bits per heavy atom. The maximum Gasteiger partial charge on any atom is 0.134 e. The molecule has 1 aromatic heterocycles. The Bertz CT molecular complexity index is 768. The van der Waals surface area contributed by atoms with Gasteiger partial charge in [0.05, 0.1) is 7.11 Å². The Labute approximate surface area is 128 Å². The second kappa shape index (κ2) is 6.02. The lowest BCUT2D eigenvalue weighted by Gasteiger charge is -2.13. The van der Waals surface area contributed by atoms with Gasteiger partial charge in [-0.2, -0.15) is 0 Å². The van der Waals surface area contributed by atoms with Crippen LogP contribution in [-0.2, 0) is 6.54 Å². The van der Waals surface area contributed by atoms with Crippen molar-refractivity contribution in [3.05, 3.63) is 65.3 Å². The number of rotatable bonds is 4. The summed E-state index contributed by atoms with van der Waals surface area (Å²) in [6.45, 7) is 0.559. The predicted octanol–water partition coefficient (Wildman–Crippen LogP) is 4.51. The molecule has 1 heterocycles. The van der Waals surface area contributed by atoms with Gasteiger partial charge in [0.2, 0.25) is 0 Å². The van der Waals surface area contributed by atoms with Crippen molar-refractivity contribution >= 4 is 28.2 Å². The van der Waals surface area contributed by atoms with Crippen LogP contribution < -0.4 is 10.1 Å². The molecule has 3 aromatic rings. The van der Waals surface area contributed by atoms with Crippen molar-refractivity contribution in [2.45, 2.75) is 6.54 Å². The summed E-state index contributed by atoms with van der Waals surface area (Å²) in [5.41, 5.74) is 0.927. The largest absolute Gasteiger partial charge is 0.496 e. The molecular weight excluding hydrogens is 284 g/mol. The standard InChI is InChI=1S/C17H15ClN2O/c1-21-16-8-4-7-15(18)14(16)11-20-17-13-6-3-2-5-12(13)9-10-19-17/h2-10H,11H2,1H3,(H,19,20). The Morgan fingerprint density at radius 1 is 1.10 bits per heavy atom. The lowest BCUT2D eigenvalue weighted by atomic mass is 10.1. The average Bonchev–Trinajstić information content (AvgIpc) is 2.53. The summed E-state index contributed by atoms with van der Waals surface area (Å²) in [5, 5.41) is 6.27. The van der Waals surface area contributed by atoms with Gasteiger partial charge in [0, 0.05) is 28.7 Å². The molecule has 0 radical (unpaired) electrons. The number of benzene rings is 2. The van der Waals surface area contributed by atoms with Crippen molar-refractivity contribution < 1.29 is 4.74 Å². The molecule has 0 saturated carbocycles. The second-order valence-electron chi connectivity index (χ2n) is 4.65. The Kier molecular flexibility index (Phi) is 3.93. The van der Waals surface area contributed by atoms with Gasteiger partial charge in [-0.1, -0.05) is 41.9 Å². The van der Waals surface area contributed by atoms with Crippen molar-refractivity contribution in [1.29, 1.82) is 0 Å². The van der Waals surface area contributed by atoms with Gasteiger partial charge in [-0.3, -0.25) is 0 Å². The first kappa shape index (κ1) is 13.7. The van der Waals surface area contributed by atoms with Gasteiger partial charge in [-0.05, 0) is 23.6 Å². The minimum absolute atomic E-state index is 0.559. The van der Waals surface area contributed by atoms with Crippen molar-refractivity contribution in [3.8, 4) is 5.75 Å². The monoisotopic (exact) mass is 298 g/mol. The first-order chi connectivity index (χ1) is 10.3.